The minimum Gasteiger partial charge on any atom is -1.00 e. The quantitative estimate of drug-likeness (QED) is 0.358. The summed E-state index contributed by atoms with van der Waals surface area (Å²) in [5, 5.41) is 6.50. The molecule has 0 aliphatic carbocycles. The van der Waals surface area contributed by atoms with Crippen LogP contribution in [0.1, 0.15) is 0 Å². The molecule has 1 nitrogen and oxygen atoms in total. The molecule has 0 heterocycles. The third-order valence-electron chi connectivity index (χ3n) is 0. The average Bonchev–Trinajstić information content (AvgIpc) is 1.00. The summed E-state index contributed by atoms with van der Waals surface area (Å²) in [6, 6.07) is 0. The molecule has 6 heavy (non-hydrogen) atoms. The third kappa shape index (κ3) is 81.8. The first-order chi connectivity index (χ1) is 1.00. The normalized spacial score (nSPS) is 0.333. The smallest absolute Gasteiger partial charge is 1.00 e. The molecule has 0 unspecified atom stereocenters. The van der Waals surface area contributed by atoms with Crippen LogP contribution in [0.3, 0.4) is 0 Å². The summed E-state index contributed by atoms with van der Waals surface area (Å²) in [7, 11) is 0. The first kappa shape index (κ1) is 63.6. The second kappa shape index (κ2) is 154. The second-order valence-corrected chi connectivity index (χ2v) is 0. The van der Waals surface area contributed by atoms with Crippen molar-refractivity contribution in [3.63, 3.8) is 0 Å². The van der Waals surface area contributed by atoms with Gasteiger partial charge in [0.25, 0.3) is 0 Å². The van der Waals surface area contributed by atoms with E-state index in [0.717, 1.165) is 0 Å². The molecule has 5 heteroatoms. The third-order valence-corrected chi connectivity index (χ3v) is 0. The van der Waals surface area contributed by atoms with Crippen LogP contribution in [-0.4, -0.2) is 0 Å². The summed E-state index contributed by atoms with van der Waals surface area (Å²) in [5.74, 6) is 0. The fourth-order valence-corrected chi connectivity index (χ4v) is 0. The fourth-order valence-electron chi connectivity index (χ4n) is 0. The molecular weight excluding hydrogens is 198 g/mol. The summed E-state index contributed by atoms with van der Waals surface area (Å²) in [5.41, 5.74) is 0. The number of nitriles is 1. The molecule has 0 bridgehead atoms. The van der Waals surface area contributed by atoms with E-state index in [1.165, 1.54) is 0 Å². The largest absolute Gasteiger partial charge is 2.00 e. The zero-order chi connectivity index (χ0) is 2.00. The van der Waals surface area contributed by atoms with Crippen molar-refractivity contribution in [1.82, 2.24) is 0 Å². The molecule has 0 fully saturated rings. The summed E-state index contributed by atoms with van der Waals surface area (Å²) < 4.78 is 0. The van der Waals surface area contributed by atoms with Crippen LogP contribution in [0, 0.1) is 11.8 Å². The Morgan fingerprint density at radius 3 is 1.00 bits per heavy atom. The molecule has 0 atom stereocenters. The molecule has 0 spiro atoms. The average molecular weight is 200 g/mol. The van der Waals surface area contributed by atoms with Gasteiger partial charge in [0.2, 0.25) is 0 Å². The molecule has 0 aromatic heterocycles. The van der Waals surface area contributed by atoms with Crippen LogP contribution in [-0.2, 0) is 19.5 Å². The molecule has 0 saturated heterocycles. The maximum atomic E-state index is 6.50. The predicted molar refractivity (Wildman–Crippen MR) is 13.9 cm³/mol. The maximum absolute atomic E-state index is 6.50. The Morgan fingerprint density at radius 1 is 1.00 bits per heavy atom. The van der Waals surface area contributed by atoms with Gasteiger partial charge in [0.15, 0.2) is 0 Å². The van der Waals surface area contributed by atoms with Crippen molar-refractivity contribution in [3.05, 3.63) is 0 Å². The van der Waals surface area contributed by atoms with Gasteiger partial charge in [-0.3, -0.25) is 0 Å². The Hall–Kier alpha value is 0.983. The van der Waals surface area contributed by atoms with E-state index >= 15 is 0 Å². The topological polar surface area (TPSA) is 23.8 Å². The molecule has 0 N–H and O–H groups in total. The van der Waals surface area contributed by atoms with Crippen LogP contribution in [0.4, 0.5) is 0 Å². The Kier molecular flexibility index (Phi) is 1630. The van der Waals surface area contributed by atoms with Crippen LogP contribution in [0.5, 0.6) is 0 Å². The number of rotatable bonds is 0. The van der Waals surface area contributed by atoms with Gasteiger partial charge in [0, 0.05) is 6.57 Å². The predicted octanol–water partition coefficient (Wildman–Crippen LogP) is -5.43. The van der Waals surface area contributed by atoms with Crippen molar-refractivity contribution in [3.8, 4) is 6.57 Å². The maximum Gasteiger partial charge on any atom is 2.00 e. The molecule has 0 rings (SSSR count). The molecule has 0 radical (unpaired) electrons. The van der Waals surface area contributed by atoms with E-state index in [2.05, 4.69) is 6.57 Å². The van der Waals surface area contributed by atoms with E-state index in [-0.39, 0.29) is 56.7 Å². The Balaban J connectivity index is -0.000000000833. The van der Waals surface area contributed by atoms with Gasteiger partial charge >= 0.3 is 19.5 Å². The number of hydrogen-bond donors (Lipinski definition) is 0. The van der Waals surface area contributed by atoms with Crippen molar-refractivity contribution >= 4 is 12.4 Å². The first-order valence-corrected chi connectivity index (χ1v) is 0.258. The minimum absolute atomic E-state index is 0. The van der Waals surface area contributed by atoms with Gasteiger partial charge in [-0.2, -0.15) is 0 Å². The van der Waals surface area contributed by atoms with Gasteiger partial charge in [-0.25, -0.2) is 5.26 Å². The number of hydrogen-bond acceptors (Lipinski definition) is 1. The van der Waals surface area contributed by atoms with Crippen LogP contribution in [0.15, 0.2) is 0 Å². The van der Waals surface area contributed by atoms with Crippen molar-refractivity contribution in [1.29, 1.82) is 5.26 Å². The molecule has 0 amide bonds. The van der Waals surface area contributed by atoms with Gasteiger partial charge in [0.05, 0.1) is 0 Å². The van der Waals surface area contributed by atoms with Crippen molar-refractivity contribution in [2.24, 2.45) is 0 Å². The standard InChI is InChI=1S/CHN.3ClH.Zn/c1-2;;;;/h1H;3*1H;/q;;;;+2/p-2. The van der Waals surface area contributed by atoms with Gasteiger partial charge in [-0.1, -0.05) is 0 Å². The van der Waals surface area contributed by atoms with E-state index in [4.69, 9.17) is 5.26 Å². The molecule has 0 saturated carbocycles. The molecular formula is CH2Cl3NZn. The molecule has 0 aromatic rings. The van der Waals surface area contributed by atoms with E-state index in [1.807, 2.05) is 0 Å². The second-order valence-electron chi connectivity index (χ2n) is 0. The van der Waals surface area contributed by atoms with Crippen molar-refractivity contribution in [2.45, 2.75) is 0 Å². The molecule has 34 valence electrons. The first-order valence-electron chi connectivity index (χ1n) is 0.258. The zero-order valence-electron chi connectivity index (χ0n) is 2.90. The van der Waals surface area contributed by atoms with Gasteiger partial charge in [-0.05, 0) is 0 Å². The summed E-state index contributed by atoms with van der Waals surface area (Å²) in [6.45, 7) is 3.50. The SMILES string of the molecule is C#N.Cl.[Cl-].[Cl-].[Zn+2]. The molecule has 0 aliphatic heterocycles. The Labute approximate surface area is 68.5 Å². The Bertz CT molecular complexity index is 15.5. The van der Waals surface area contributed by atoms with Crippen molar-refractivity contribution < 1.29 is 44.3 Å². The van der Waals surface area contributed by atoms with E-state index in [0.29, 0.717) is 0 Å². The number of halogens is 3. The molecule has 0 aliphatic rings. The summed E-state index contributed by atoms with van der Waals surface area (Å²) >= 11 is 0. The van der Waals surface area contributed by atoms with Gasteiger partial charge in [-0.15, -0.1) is 12.4 Å². The van der Waals surface area contributed by atoms with Gasteiger partial charge in [0.1, 0.15) is 0 Å². The van der Waals surface area contributed by atoms with E-state index < -0.39 is 0 Å². The summed E-state index contributed by atoms with van der Waals surface area (Å²) in [6.07, 6.45) is 0. The molecule has 0 aromatic carbocycles. The fraction of sp³-hybridized carbons (Fsp3) is 0. The monoisotopic (exact) mass is 197 g/mol. The minimum atomic E-state index is 0. The zero-order valence-corrected chi connectivity index (χ0v) is 8.19. The van der Waals surface area contributed by atoms with E-state index in [9.17, 15) is 0 Å². The van der Waals surface area contributed by atoms with Crippen LogP contribution in [0.2, 0.25) is 0 Å². The van der Waals surface area contributed by atoms with Crippen LogP contribution < -0.4 is 24.8 Å². The van der Waals surface area contributed by atoms with Crippen LogP contribution in [0.25, 0.3) is 0 Å². The summed E-state index contributed by atoms with van der Waals surface area (Å²) in [4.78, 5) is 0. The Morgan fingerprint density at radius 2 is 1.00 bits per heavy atom. The van der Waals surface area contributed by atoms with Gasteiger partial charge < -0.3 is 24.8 Å². The number of nitrogens with zero attached hydrogens (tertiary/aromatic N) is 1. The van der Waals surface area contributed by atoms with Crippen molar-refractivity contribution in [2.75, 3.05) is 0 Å². The van der Waals surface area contributed by atoms with E-state index in [1.54, 1.807) is 0 Å². The van der Waals surface area contributed by atoms with Crippen LogP contribution >= 0.6 is 12.4 Å².